The Bertz CT molecular complexity index is 772. The Kier molecular flexibility index (Phi) is 4.08. The first-order valence-electron chi connectivity index (χ1n) is 5.76. The molecule has 0 aliphatic rings. The number of nitro groups is 1. The van der Waals surface area contributed by atoms with Crippen molar-refractivity contribution in [2.24, 2.45) is 0 Å². The second-order valence-electron chi connectivity index (χ2n) is 3.94. The third-order valence-electron chi connectivity index (χ3n) is 2.57. The molecule has 0 spiro atoms. The monoisotopic (exact) mass is 309 g/mol. The summed E-state index contributed by atoms with van der Waals surface area (Å²) in [7, 11) is -2.81. The molecule has 21 heavy (non-hydrogen) atoms. The van der Waals surface area contributed by atoms with Crippen molar-refractivity contribution < 1.29 is 22.3 Å². The minimum atomic E-state index is -4.15. The predicted octanol–water partition coefficient (Wildman–Crippen LogP) is 2.37. The highest BCUT2D eigenvalue weighted by molar-refractivity contribution is 7.87. The van der Waals surface area contributed by atoms with E-state index in [4.69, 9.17) is 8.92 Å². The third kappa shape index (κ3) is 3.29. The third-order valence-corrected chi connectivity index (χ3v) is 3.86. The van der Waals surface area contributed by atoms with Crippen LogP contribution in [0.3, 0.4) is 0 Å². The quantitative estimate of drug-likeness (QED) is 0.478. The molecule has 0 saturated carbocycles. The van der Waals surface area contributed by atoms with Crippen LogP contribution in [0.5, 0.6) is 11.5 Å². The summed E-state index contributed by atoms with van der Waals surface area (Å²) in [6, 6.07) is 10.9. The molecule has 0 saturated heterocycles. The Hall–Kier alpha value is -2.61. The van der Waals surface area contributed by atoms with Gasteiger partial charge in [-0.05, 0) is 18.2 Å². The van der Waals surface area contributed by atoms with Gasteiger partial charge in [-0.15, -0.1) is 0 Å². The van der Waals surface area contributed by atoms with Crippen molar-refractivity contribution in [3.8, 4) is 11.5 Å². The van der Waals surface area contributed by atoms with Crippen molar-refractivity contribution in [2.75, 3.05) is 7.11 Å². The molecule has 0 aliphatic heterocycles. The lowest BCUT2D eigenvalue weighted by Crippen LogP contribution is -2.11. The van der Waals surface area contributed by atoms with E-state index < -0.39 is 15.0 Å². The molecule has 0 heterocycles. The molecule has 2 aromatic rings. The van der Waals surface area contributed by atoms with Gasteiger partial charge in [0, 0.05) is 6.07 Å². The SMILES string of the molecule is COc1ccccc1S(=O)(=O)Oc1cccc([N+](=O)[O-])c1. The fourth-order valence-electron chi connectivity index (χ4n) is 1.65. The van der Waals surface area contributed by atoms with Gasteiger partial charge in [-0.1, -0.05) is 18.2 Å². The van der Waals surface area contributed by atoms with Gasteiger partial charge >= 0.3 is 10.1 Å². The van der Waals surface area contributed by atoms with Gasteiger partial charge in [0.1, 0.15) is 16.4 Å². The highest BCUT2D eigenvalue weighted by Gasteiger charge is 2.22. The van der Waals surface area contributed by atoms with E-state index in [1.54, 1.807) is 6.07 Å². The summed E-state index contributed by atoms with van der Waals surface area (Å²) < 4.78 is 34.3. The van der Waals surface area contributed by atoms with Gasteiger partial charge in [-0.25, -0.2) is 0 Å². The predicted molar refractivity (Wildman–Crippen MR) is 73.9 cm³/mol. The summed E-state index contributed by atoms with van der Waals surface area (Å²) in [5.74, 6) is -0.0157. The minimum absolute atomic E-state index is 0.128. The van der Waals surface area contributed by atoms with Crippen LogP contribution in [0.4, 0.5) is 5.69 Å². The van der Waals surface area contributed by atoms with E-state index in [1.165, 1.54) is 43.5 Å². The molecule has 0 atom stereocenters. The van der Waals surface area contributed by atoms with Crippen LogP contribution in [0, 0.1) is 10.1 Å². The molecule has 8 heteroatoms. The number of benzene rings is 2. The summed E-state index contributed by atoms with van der Waals surface area (Å²) in [5, 5.41) is 10.7. The first-order chi connectivity index (χ1) is 9.94. The van der Waals surface area contributed by atoms with Crippen LogP contribution >= 0.6 is 0 Å². The zero-order chi connectivity index (χ0) is 15.5. The van der Waals surface area contributed by atoms with E-state index >= 15 is 0 Å². The number of methoxy groups -OCH3 is 1. The molecule has 2 aromatic carbocycles. The summed E-state index contributed by atoms with van der Waals surface area (Å²) in [4.78, 5) is 9.88. The molecule has 0 aliphatic carbocycles. The summed E-state index contributed by atoms with van der Waals surface area (Å²) in [6.07, 6.45) is 0. The van der Waals surface area contributed by atoms with Crippen LogP contribution < -0.4 is 8.92 Å². The Labute approximate surface area is 121 Å². The molecular formula is C13H11NO6S. The first kappa shape index (κ1) is 14.8. The zero-order valence-corrected chi connectivity index (χ0v) is 11.7. The fraction of sp³-hybridized carbons (Fsp3) is 0.0769. The smallest absolute Gasteiger partial charge is 0.342 e. The summed E-state index contributed by atoms with van der Waals surface area (Å²) in [5.41, 5.74) is -0.261. The van der Waals surface area contributed by atoms with Gasteiger partial charge in [0.05, 0.1) is 18.1 Å². The number of para-hydroxylation sites is 1. The number of nitro benzene ring substituents is 1. The Morgan fingerprint density at radius 2 is 1.81 bits per heavy atom. The highest BCUT2D eigenvalue weighted by atomic mass is 32.2. The van der Waals surface area contributed by atoms with E-state index in [-0.39, 0.29) is 22.1 Å². The molecule has 110 valence electrons. The highest BCUT2D eigenvalue weighted by Crippen LogP contribution is 2.27. The van der Waals surface area contributed by atoms with Crippen molar-refractivity contribution >= 4 is 15.8 Å². The van der Waals surface area contributed by atoms with E-state index in [0.717, 1.165) is 6.07 Å². The van der Waals surface area contributed by atoms with Gasteiger partial charge in [0.25, 0.3) is 5.69 Å². The second-order valence-corrected chi connectivity index (χ2v) is 5.46. The molecular weight excluding hydrogens is 298 g/mol. The van der Waals surface area contributed by atoms with Crippen molar-refractivity contribution in [1.82, 2.24) is 0 Å². The van der Waals surface area contributed by atoms with E-state index in [2.05, 4.69) is 0 Å². The van der Waals surface area contributed by atoms with Crippen LogP contribution in [0.2, 0.25) is 0 Å². The topological polar surface area (TPSA) is 95.7 Å². The fourth-order valence-corrected chi connectivity index (χ4v) is 2.74. The minimum Gasteiger partial charge on any atom is -0.495 e. The number of ether oxygens (including phenoxy) is 1. The van der Waals surface area contributed by atoms with E-state index in [0.29, 0.717) is 0 Å². The number of nitrogens with zero attached hydrogens (tertiary/aromatic N) is 1. The van der Waals surface area contributed by atoms with Crippen molar-refractivity contribution in [3.05, 3.63) is 58.6 Å². The number of hydrogen-bond acceptors (Lipinski definition) is 6. The zero-order valence-electron chi connectivity index (χ0n) is 10.9. The molecule has 0 radical (unpaired) electrons. The molecule has 0 N–H and O–H groups in total. The maximum Gasteiger partial charge on any atom is 0.342 e. The van der Waals surface area contributed by atoms with Crippen LogP contribution in [0.15, 0.2) is 53.4 Å². The second kappa shape index (κ2) is 5.80. The lowest BCUT2D eigenvalue weighted by atomic mass is 10.3. The molecule has 0 fully saturated rings. The van der Waals surface area contributed by atoms with E-state index in [9.17, 15) is 18.5 Å². The molecule has 0 unspecified atom stereocenters. The Balaban J connectivity index is 2.38. The Morgan fingerprint density at radius 1 is 1.10 bits per heavy atom. The van der Waals surface area contributed by atoms with Crippen LogP contribution in [-0.2, 0) is 10.1 Å². The van der Waals surface area contributed by atoms with E-state index in [1.807, 2.05) is 0 Å². The molecule has 0 bridgehead atoms. The van der Waals surface area contributed by atoms with Gasteiger partial charge in [0.2, 0.25) is 0 Å². The molecule has 2 rings (SSSR count). The van der Waals surface area contributed by atoms with Crippen LogP contribution in [0.25, 0.3) is 0 Å². The number of non-ortho nitro benzene ring substituents is 1. The molecule has 0 amide bonds. The summed E-state index contributed by atoms with van der Waals surface area (Å²) in [6.45, 7) is 0. The lowest BCUT2D eigenvalue weighted by Gasteiger charge is -2.10. The normalized spacial score (nSPS) is 10.9. The maximum absolute atomic E-state index is 12.2. The van der Waals surface area contributed by atoms with Crippen molar-refractivity contribution in [1.29, 1.82) is 0 Å². The maximum atomic E-state index is 12.2. The van der Waals surface area contributed by atoms with Gasteiger partial charge in [-0.3, -0.25) is 10.1 Å². The van der Waals surface area contributed by atoms with Gasteiger partial charge in [0.15, 0.2) is 0 Å². The van der Waals surface area contributed by atoms with Crippen molar-refractivity contribution in [3.63, 3.8) is 0 Å². The van der Waals surface area contributed by atoms with Gasteiger partial charge < -0.3 is 8.92 Å². The van der Waals surface area contributed by atoms with Crippen LogP contribution in [0.1, 0.15) is 0 Å². The molecule has 7 nitrogen and oxygen atoms in total. The average Bonchev–Trinajstić information content (AvgIpc) is 2.47. The number of rotatable bonds is 5. The summed E-state index contributed by atoms with van der Waals surface area (Å²) >= 11 is 0. The van der Waals surface area contributed by atoms with Crippen LogP contribution in [-0.4, -0.2) is 20.5 Å². The molecule has 0 aromatic heterocycles. The largest absolute Gasteiger partial charge is 0.495 e. The first-order valence-corrected chi connectivity index (χ1v) is 7.17. The van der Waals surface area contributed by atoms with Crippen molar-refractivity contribution in [2.45, 2.75) is 4.90 Å². The van der Waals surface area contributed by atoms with Gasteiger partial charge in [-0.2, -0.15) is 8.42 Å². The lowest BCUT2D eigenvalue weighted by molar-refractivity contribution is -0.384. The number of hydrogen-bond donors (Lipinski definition) is 0. The standard InChI is InChI=1S/C13H11NO6S/c1-19-12-7-2-3-8-13(12)21(17,18)20-11-6-4-5-10(9-11)14(15)16/h2-9H,1H3. The average molecular weight is 309 g/mol. The Morgan fingerprint density at radius 3 is 2.48 bits per heavy atom.